The fraction of sp³-hybridized carbons (Fsp3) is 0.464. The average molecular weight is 594 g/mol. The van der Waals surface area contributed by atoms with Gasteiger partial charge < -0.3 is 45.1 Å². The van der Waals surface area contributed by atoms with E-state index < -0.39 is 95.7 Å². The highest BCUT2D eigenvalue weighted by Crippen LogP contribution is 2.52. The Kier molecular flexibility index (Phi) is 8.50. The van der Waals surface area contributed by atoms with Crippen LogP contribution in [-0.2, 0) is 25.4 Å². The smallest absolute Gasteiger partial charge is 0.202 e. The molecule has 6 atom stereocenters. The number of carbonyl (C=O) groups is 3. The van der Waals surface area contributed by atoms with Crippen molar-refractivity contribution in [2.75, 3.05) is 20.8 Å². The third-order valence-corrected chi connectivity index (χ3v) is 8.04. The van der Waals surface area contributed by atoms with E-state index >= 15 is 0 Å². The number of rotatable bonds is 6. The Morgan fingerprint density at radius 2 is 1.80 bits per heavy atom. The molecule has 6 unspecified atom stereocenters. The Bertz CT molecular complexity index is 1400. The molecule has 2 aromatic carbocycles. The van der Waals surface area contributed by atoms with E-state index in [2.05, 4.69) is 0 Å². The van der Waals surface area contributed by atoms with E-state index in [1.807, 2.05) is 0 Å². The molecule has 1 saturated heterocycles. The summed E-state index contributed by atoms with van der Waals surface area (Å²) in [5.74, 6) is -3.66. The normalized spacial score (nSPS) is 28.7. The van der Waals surface area contributed by atoms with Crippen LogP contribution in [0.3, 0.4) is 0 Å². The first-order valence-corrected chi connectivity index (χ1v) is 12.8. The van der Waals surface area contributed by atoms with Crippen molar-refractivity contribution < 1.29 is 53.8 Å². The van der Waals surface area contributed by atoms with Crippen molar-refractivity contribution in [1.29, 1.82) is 0 Å². The number of ketones is 3. The van der Waals surface area contributed by atoms with Gasteiger partial charge in [-0.3, -0.25) is 14.4 Å². The Morgan fingerprint density at radius 3 is 2.41 bits per heavy atom. The monoisotopic (exact) mass is 593 g/mol. The van der Waals surface area contributed by atoms with Gasteiger partial charge in [-0.2, -0.15) is 0 Å². The zero-order valence-corrected chi connectivity index (χ0v) is 23.4. The number of fused-ring (bicyclic) bond motifs is 3. The minimum Gasteiger partial charge on any atom is -0.507 e. The lowest BCUT2D eigenvalue weighted by Gasteiger charge is -2.42. The van der Waals surface area contributed by atoms with E-state index in [-0.39, 0.29) is 46.8 Å². The molecule has 5 rings (SSSR count). The summed E-state index contributed by atoms with van der Waals surface area (Å²) in [7, 11) is 2.83. The van der Waals surface area contributed by atoms with Gasteiger partial charge in [0.25, 0.3) is 0 Å². The molecule has 0 bridgehead atoms. The largest absolute Gasteiger partial charge is 0.507 e. The minimum atomic E-state index is -2.22. The van der Waals surface area contributed by atoms with E-state index in [9.17, 15) is 34.8 Å². The molecule has 1 fully saturated rings. The average Bonchev–Trinajstić information content (AvgIpc) is 2.92. The van der Waals surface area contributed by atoms with Gasteiger partial charge in [0.05, 0.1) is 42.1 Å². The van der Waals surface area contributed by atoms with E-state index in [1.54, 1.807) is 6.92 Å². The molecule has 41 heavy (non-hydrogen) atoms. The summed E-state index contributed by atoms with van der Waals surface area (Å²) in [4.78, 5) is 39.9. The summed E-state index contributed by atoms with van der Waals surface area (Å²) in [6.45, 7) is 0.733. The number of aliphatic hydroxyl groups excluding tert-OH is 1. The second kappa shape index (κ2) is 11.3. The molecular formula is C28H32ClNO11. The van der Waals surface area contributed by atoms with Crippen LogP contribution >= 0.6 is 12.4 Å². The first-order valence-electron chi connectivity index (χ1n) is 12.8. The molecule has 0 radical (unpaired) electrons. The molecular weight excluding hydrogens is 562 g/mol. The number of halogens is 1. The predicted molar refractivity (Wildman–Crippen MR) is 144 cm³/mol. The van der Waals surface area contributed by atoms with Crippen LogP contribution < -0.4 is 10.5 Å². The first-order chi connectivity index (χ1) is 19.0. The van der Waals surface area contributed by atoms with Crippen molar-refractivity contribution in [3.05, 3.63) is 51.6 Å². The molecule has 0 aromatic heterocycles. The summed E-state index contributed by atoms with van der Waals surface area (Å²) in [5, 5.41) is 43.8. The molecule has 13 heteroatoms. The highest BCUT2D eigenvalue weighted by Gasteiger charge is 2.50. The van der Waals surface area contributed by atoms with Gasteiger partial charge >= 0.3 is 0 Å². The maximum absolute atomic E-state index is 13.7. The lowest BCUT2D eigenvalue weighted by Crippen LogP contribution is -2.53. The molecule has 12 nitrogen and oxygen atoms in total. The van der Waals surface area contributed by atoms with Crippen LogP contribution in [0, 0.1) is 0 Å². The number of ether oxygens (including phenoxy) is 4. The number of carbonyl (C=O) groups excluding carboxylic acids is 3. The fourth-order valence-corrected chi connectivity index (χ4v) is 6.11. The zero-order chi connectivity index (χ0) is 29.1. The van der Waals surface area contributed by atoms with E-state index in [4.69, 9.17) is 24.7 Å². The number of nitrogens with two attached hydrogens (primary N) is 1. The van der Waals surface area contributed by atoms with Crippen LogP contribution in [0.1, 0.15) is 68.8 Å². The van der Waals surface area contributed by atoms with E-state index in [1.165, 1.54) is 32.4 Å². The van der Waals surface area contributed by atoms with E-state index in [0.29, 0.717) is 0 Å². The number of methoxy groups -OCH3 is 2. The Balaban J connectivity index is 0.00000387. The number of aromatic hydroxyl groups is 2. The molecule has 222 valence electrons. The maximum Gasteiger partial charge on any atom is 0.202 e. The van der Waals surface area contributed by atoms with Gasteiger partial charge in [-0.25, -0.2) is 0 Å². The van der Waals surface area contributed by atoms with Crippen LogP contribution in [0.15, 0.2) is 18.2 Å². The summed E-state index contributed by atoms with van der Waals surface area (Å²) < 4.78 is 22.7. The van der Waals surface area contributed by atoms with Crippen molar-refractivity contribution >= 4 is 29.8 Å². The van der Waals surface area contributed by atoms with Gasteiger partial charge in [0.2, 0.25) is 5.78 Å². The number of benzene rings is 2. The lowest BCUT2D eigenvalue weighted by atomic mass is 9.72. The van der Waals surface area contributed by atoms with Crippen molar-refractivity contribution in [2.24, 2.45) is 5.73 Å². The van der Waals surface area contributed by atoms with Gasteiger partial charge in [0.1, 0.15) is 29.5 Å². The molecule has 6 N–H and O–H groups in total. The van der Waals surface area contributed by atoms with Crippen LogP contribution in [0.4, 0.5) is 0 Å². The third-order valence-electron chi connectivity index (χ3n) is 8.04. The SMILES string of the molecule is COc1cccc2c1C(=O)c1c(O)c3c(c(O)c1C2=O)CC(O)(C(=O)CO)CC3OC1CC(N)C(OC)C(C)O1.Cl. The van der Waals surface area contributed by atoms with Crippen molar-refractivity contribution in [3.8, 4) is 17.2 Å². The van der Waals surface area contributed by atoms with Crippen molar-refractivity contribution in [1.82, 2.24) is 0 Å². The zero-order valence-electron chi connectivity index (χ0n) is 22.6. The second-order valence-electron chi connectivity index (χ2n) is 10.4. The standard InChI is InChI=1S/C28H31NO11.ClH/c1-11-27(38-3)14(29)7-18(39-11)40-16-9-28(36,17(31)10-30)8-13-20(16)26(35)22-21(24(13)33)23(32)12-5-4-6-15(37-2)19(12)25(22)34;/h4-6,11,14,16,18,27,30,33,35-36H,7-10,29H2,1-3H3;1H. The molecule has 0 spiro atoms. The van der Waals surface area contributed by atoms with Gasteiger partial charge in [-0.05, 0) is 13.0 Å². The number of hydrogen-bond acceptors (Lipinski definition) is 12. The summed E-state index contributed by atoms with van der Waals surface area (Å²) in [6, 6.07) is 3.91. The van der Waals surface area contributed by atoms with Gasteiger partial charge in [-0.15, -0.1) is 12.4 Å². The highest BCUT2D eigenvalue weighted by molar-refractivity contribution is 6.31. The predicted octanol–water partition coefficient (Wildman–Crippen LogP) is 1.08. The molecule has 2 aliphatic carbocycles. The minimum absolute atomic E-state index is 0. The molecule has 0 amide bonds. The molecule has 0 saturated carbocycles. The second-order valence-corrected chi connectivity index (χ2v) is 10.4. The third kappa shape index (κ3) is 4.79. The van der Waals surface area contributed by atoms with Crippen molar-refractivity contribution in [3.63, 3.8) is 0 Å². The number of hydrogen-bond donors (Lipinski definition) is 5. The Labute approximate surface area is 241 Å². The topological polar surface area (TPSA) is 195 Å². The highest BCUT2D eigenvalue weighted by atomic mass is 35.5. The van der Waals surface area contributed by atoms with Crippen LogP contribution in [-0.4, -0.2) is 88.7 Å². The number of phenolic OH excluding ortho intramolecular Hbond substituents is 2. The molecule has 2 aromatic rings. The molecule has 1 aliphatic heterocycles. The molecule has 3 aliphatic rings. The van der Waals surface area contributed by atoms with Crippen LogP contribution in [0.2, 0.25) is 0 Å². The summed E-state index contributed by atoms with van der Waals surface area (Å²) in [6.07, 6.45) is -4.02. The molecule has 1 heterocycles. The van der Waals surface area contributed by atoms with E-state index in [0.717, 1.165) is 0 Å². The lowest BCUT2D eigenvalue weighted by molar-refractivity contribution is -0.250. The first kappa shape index (κ1) is 30.8. The quantitative estimate of drug-likeness (QED) is 0.255. The van der Waals surface area contributed by atoms with Crippen LogP contribution in [0.5, 0.6) is 17.2 Å². The summed E-state index contributed by atoms with van der Waals surface area (Å²) in [5.41, 5.74) is 2.76. The van der Waals surface area contributed by atoms with Crippen LogP contribution in [0.25, 0.3) is 0 Å². The number of aliphatic hydroxyl groups is 2. The van der Waals surface area contributed by atoms with Crippen molar-refractivity contribution in [2.45, 2.75) is 62.4 Å². The van der Waals surface area contributed by atoms with Gasteiger partial charge in [-0.1, -0.05) is 12.1 Å². The fourth-order valence-electron chi connectivity index (χ4n) is 6.11. The Morgan fingerprint density at radius 1 is 1.12 bits per heavy atom. The van der Waals surface area contributed by atoms with Gasteiger partial charge in [0, 0.05) is 49.1 Å². The number of phenols is 2. The van der Waals surface area contributed by atoms with Gasteiger partial charge in [0.15, 0.2) is 17.9 Å². The number of Topliss-reactive ketones (excluding diaryl/α,β-unsaturated/α-hetero) is 1. The maximum atomic E-state index is 13.7. The Hall–Kier alpha value is -3.10. The summed E-state index contributed by atoms with van der Waals surface area (Å²) >= 11 is 0.